The Morgan fingerprint density at radius 3 is 2.45 bits per heavy atom. The summed E-state index contributed by atoms with van der Waals surface area (Å²) in [4.78, 5) is 3.97. The minimum Gasteiger partial charge on any atom is -0.316 e. The lowest BCUT2D eigenvalue weighted by Crippen LogP contribution is -2.30. The molecule has 0 saturated carbocycles. The lowest BCUT2D eigenvalue weighted by molar-refractivity contribution is 0.555. The highest BCUT2D eigenvalue weighted by Crippen LogP contribution is 2.21. The molecule has 2 aromatic rings. The molecule has 0 bridgehead atoms. The van der Waals surface area contributed by atoms with Crippen LogP contribution in [0.3, 0.4) is 0 Å². The van der Waals surface area contributed by atoms with Crippen LogP contribution in [-0.4, -0.2) is 18.1 Å². The monoisotopic (exact) mass is 312 g/mol. The van der Waals surface area contributed by atoms with E-state index in [2.05, 4.69) is 10.3 Å². The van der Waals surface area contributed by atoms with Crippen molar-refractivity contribution >= 4 is 23.2 Å². The van der Waals surface area contributed by atoms with Gasteiger partial charge in [0.1, 0.15) is 5.82 Å². The smallest absolute Gasteiger partial charge is 0.124 e. The standard InChI is InChI=1S/C15H15Cl2FN2/c1-19-13(7-11-4-5-20-9-15(11)17)6-10-2-3-12(18)8-14(10)16/h2-5,8-9,13,19H,6-7H2,1H3. The highest BCUT2D eigenvalue weighted by molar-refractivity contribution is 6.31. The number of likely N-dealkylation sites (N-methyl/N-ethyl adjacent to an activating group) is 1. The van der Waals surface area contributed by atoms with Gasteiger partial charge in [-0.05, 0) is 49.2 Å². The summed E-state index contributed by atoms with van der Waals surface area (Å²) in [5, 5.41) is 4.34. The predicted octanol–water partition coefficient (Wildman–Crippen LogP) is 3.90. The molecule has 1 N–H and O–H groups in total. The zero-order valence-corrected chi connectivity index (χ0v) is 12.5. The van der Waals surface area contributed by atoms with E-state index in [9.17, 15) is 4.39 Å². The molecule has 2 nitrogen and oxygen atoms in total. The second-order valence-corrected chi connectivity index (χ2v) is 5.41. The van der Waals surface area contributed by atoms with Crippen LogP contribution in [0, 0.1) is 5.82 Å². The second-order valence-electron chi connectivity index (χ2n) is 4.60. The molecule has 0 saturated heterocycles. The van der Waals surface area contributed by atoms with Crippen LogP contribution in [0.25, 0.3) is 0 Å². The van der Waals surface area contributed by atoms with E-state index in [1.54, 1.807) is 18.5 Å². The summed E-state index contributed by atoms with van der Waals surface area (Å²) in [7, 11) is 1.89. The Labute approximate surface area is 127 Å². The molecule has 2 rings (SSSR count). The van der Waals surface area contributed by atoms with Gasteiger partial charge in [-0.3, -0.25) is 4.98 Å². The minimum atomic E-state index is -0.322. The number of rotatable bonds is 5. The molecule has 0 fully saturated rings. The first kappa shape index (κ1) is 15.2. The molecule has 0 radical (unpaired) electrons. The molecular weight excluding hydrogens is 298 g/mol. The number of hydrogen-bond acceptors (Lipinski definition) is 2. The Balaban J connectivity index is 2.11. The summed E-state index contributed by atoms with van der Waals surface area (Å²) in [6.45, 7) is 0. The second kappa shape index (κ2) is 7.02. The first-order chi connectivity index (χ1) is 9.60. The Hall–Kier alpha value is -1.16. The fourth-order valence-corrected chi connectivity index (χ4v) is 2.50. The average Bonchev–Trinajstić information content (AvgIpc) is 2.43. The molecule has 0 aliphatic carbocycles. The number of halogens is 3. The molecule has 20 heavy (non-hydrogen) atoms. The normalized spacial score (nSPS) is 12.4. The fourth-order valence-electron chi connectivity index (χ4n) is 2.06. The molecule has 1 aromatic carbocycles. The average molecular weight is 313 g/mol. The van der Waals surface area contributed by atoms with Gasteiger partial charge in [0.05, 0.1) is 5.02 Å². The van der Waals surface area contributed by atoms with E-state index < -0.39 is 0 Å². The van der Waals surface area contributed by atoms with Gasteiger partial charge in [-0.1, -0.05) is 29.3 Å². The van der Waals surface area contributed by atoms with Gasteiger partial charge in [0, 0.05) is 23.5 Å². The van der Waals surface area contributed by atoms with Crippen LogP contribution in [0.4, 0.5) is 4.39 Å². The lowest BCUT2D eigenvalue weighted by Gasteiger charge is -2.17. The fraction of sp³-hybridized carbons (Fsp3) is 0.267. The van der Waals surface area contributed by atoms with Gasteiger partial charge < -0.3 is 5.32 Å². The molecule has 0 amide bonds. The van der Waals surface area contributed by atoms with E-state index in [4.69, 9.17) is 23.2 Å². The molecule has 1 heterocycles. The Bertz CT molecular complexity index is 590. The summed E-state index contributed by atoms with van der Waals surface area (Å²) in [6, 6.07) is 6.55. The summed E-state index contributed by atoms with van der Waals surface area (Å²) in [5.41, 5.74) is 1.94. The van der Waals surface area contributed by atoms with E-state index in [0.29, 0.717) is 16.5 Å². The number of hydrogen-bond donors (Lipinski definition) is 1. The topological polar surface area (TPSA) is 24.9 Å². The summed E-state index contributed by atoms with van der Waals surface area (Å²) < 4.78 is 13.0. The van der Waals surface area contributed by atoms with Crippen molar-refractivity contribution in [3.63, 3.8) is 0 Å². The van der Waals surface area contributed by atoms with Gasteiger partial charge in [-0.15, -0.1) is 0 Å². The van der Waals surface area contributed by atoms with Crippen molar-refractivity contribution < 1.29 is 4.39 Å². The number of nitrogens with zero attached hydrogens (tertiary/aromatic N) is 1. The van der Waals surface area contributed by atoms with E-state index in [-0.39, 0.29) is 11.9 Å². The van der Waals surface area contributed by atoms with Crippen molar-refractivity contribution in [1.82, 2.24) is 10.3 Å². The molecule has 1 unspecified atom stereocenters. The third kappa shape index (κ3) is 3.92. The van der Waals surface area contributed by atoms with Crippen LogP contribution in [0.15, 0.2) is 36.7 Å². The third-order valence-electron chi connectivity index (χ3n) is 3.21. The van der Waals surface area contributed by atoms with Gasteiger partial charge in [-0.2, -0.15) is 0 Å². The predicted molar refractivity (Wildman–Crippen MR) is 80.9 cm³/mol. The molecule has 0 aliphatic heterocycles. The van der Waals surface area contributed by atoms with Crippen molar-refractivity contribution in [2.24, 2.45) is 0 Å². The van der Waals surface area contributed by atoms with Crippen LogP contribution in [-0.2, 0) is 12.8 Å². The van der Waals surface area contributed by atoms with Gasteiger partial charge >= 0.3 is 0 Å². The van der Waals surface area contributed by atoms with Crippen molar-refractivity contribution in [3.05, 3.63) is 63.6 Å². The highest BCUT2D eigenvalue weighted by Gasteiger charge is 2.13. The van der Waals surface area contributed by atoms with Gasteiger partial charge in [-0.25, -0.2) is 4.39 Å². The maximum Gasteiger partial charge on any atom is 0.124 e. The van der Waals surface area contributed by atoms with Crippen LogP contribution in [0.2, 0.25) is 10.0 Å². The first-order valence-corrected chi connectivity index (χ1v) is 7.05. The summed E-state index contributed by atoms with van der Waals surface area (Å²) in [5.74, 6) is -0.322. The highest BCUT2D eigenvalue weighted by atomic mass is 35.5. The van der Waals surface area contributed by atoms with E-state index >= 15 is 0 Å². The van der Waals surface area contributed by atoms with E-state index in [1.807, 2.05) is 13.1 Å². The summed E-state index contributed by atoms with van der Waals surface area (Å²) in [6.07, 6.45) is 4.81. The van der Waals surface area contributed by atoms with Gasteiger partial charge in [0.25, 0.3) is 0 Å². The Morgan fingerprint density at radius 1 is 1.15 bits per heavy atom. The van der Waals surface area contributed by atoms with Crippen LogP contribution in [0.5, 0.6) is 0 Å². The van der Waals surface area contributed by atoms with Gasteiger partial charge in [0.15, 0.2) is 0 Å². The Kier molecular flexibility index (Phi) is 5.35. The van der Waals surface area contributed by atoms with Gasteiger partial charge in [0.2, 0.25) is 0 Å². The maximum absolute atomic E-state index is 13.0. The minimum absolute atomic E-state index is 0.165. The van der Waals surface area contributed by atoms with Crippen LogP contribution >= 0.6 is 23.2 Å². The van der Waals surface area contributed by atoms with Crippen molar-refractivity contribution in [1.29, 1.82) is 0 Å². The number of pyridine rings is 1. The first-order valence-electron chi connectivity index (χ1n) is 6.29. The number of benzene rings is 1. The van der Waals surface area contributed by atoms with Crippen molar-refractivity contribution in [2.45, 2.75) is 18.9 Å². The van der Waals surface area contributed by atoms with E-state index in [0.717, 1.165) is 17.5 Å². The van der Waals surface area contributed by atoms with Crippen molar-refractivity contribution in [2.75, 3.05) is 7.05 Å². The van der Waals surface area contributed by atoms with E-state index in [1.165, 1.54) is 12.1 Å². The molecule has 1 atom stereocenters. The number of aromatic nitrogens is 1. The lowest BCUT2D eigenvalue weighted by atomic mass is 9.99. The molecular formula is C15H15Cl2FN2. The quantitative estimate of drug-likeness (QED) is 0.905. The largest absolute Gasteiger partial charge is 0.316 e. The molecule has 106 valence electrons. The number of nitrogens with one attached hydrogen (secondary N) is 1. The molecule has 0 spiro atoms. The summed E-state index contributed by atoms with van der Waals surface area (Å²) >= 11 is 12.2. The Morgan fingerprint density at radius 2 is 1.85 bits per heavy atom. The molecule has 5 heteroatoms. The van der Waals surface area contributed by atoms with Crippen molar-refractivity contribution in [3.8, 4) is 0 Å². The maximum atomic E-state index is 13.0. The SMILES string of the molecule is CNC(Cc1ccncc1Cl)Cc1ccc(F)cc1Cl. The molecule has 0 aliphatic rings. The zero-order chi connectivity index (χ0) is 14.5. The third-order valence-corrected chi connectivity index (χ3v) is 3.90. The zero-order valence-electron chi connectivity index (χ0n) is 11.0. The van der Waals surface area contributed by atoms with Crippen LogP contribution < -0.4 is 5.32 Å². The molecule has 1 aromatic heterocycles. The van der Waals surface area contributed by atoms with Crippen LogP contribution in [0.1, 0.15) is 11.1 Å².